The van der Waals surface area contributed by atoms with Gasteiger partial charge in [0.1, 0.15) is 6.61 Å². The lowest BCUT2D eigenvalue weighted by Gasteiger charge is -2.43. The zero-order chi connectivity index (χ0) is 22.9. The maximum atomic E-state index is 12.9. The first kappa shape index (κ1) is 22.8. The average Bonchev–Trinajstić information content (AvgIpc) is 2.78. The van der Waals surface area contributed by atoms with E-state index in [0.717, 1.165) is 12.1 Å². The molecule has 0 radical (unpaired) electrons. The van der Waals surface area contributed by atoms with Gasteiger partial charge in [-0.15, -0.1) is 0 Å². The van der Waals surface area contributed by atoms with Crippen LogP contribution in [0.4, 0.5) is 18.0 Å². The van der Waals surface area contributed by atoms with E-state index in [1.165, 1.54) is 12.1 Å². The van der Waals surface area contributed by atoms with Crippen LogP contribution in [0.3, 0.4) is 0 Å². The molecule has 1 unspecified atom stereocenters. The van der Waals surface area contributed by atoms with Crippen LogP contribution >= 0.6 is 0 Å². The minimum Gasteiger partial charge on any atom is -0.370 e. The molecule has 3 saturated heterocycles. The summed E-state index contributed by atoms with van der Waals surface area (Å²) in [6, 6.07) is 4.82. The minimum atomic E-state index is -4.35. The van der Waals surface area contributed by atoms with E-state index >= 15 is 0 Å². The monoisotopic (exact) mass is 455 g/mol. The number of piperidine rings is 2. The number of amides is 3. The predicted molar refractivity (Wildman–Crippen MR) is 109 cm³/mol. The van der Waals surface area contributed by atoms with Crippen LogP contribution in [0.15, 0.2) is 24.3 Å². The van der Waals surface area contributed by atoms with Gasteiger partial charge in [0.05, 0.1) is 29.9 Å². The molecule has 1 aromatic rings. The Kier molecular flexibility index (Phi) is 6.62. The minimum absolute atomic E-state index is 0.0393. The van der Waals surface area contributed by atoms with Crippen LogP contribution < -0.4 is 5.32 Å². The summed E-state index contributed by atoms with van der Waals surface area (Å²) >= 11 is 0. The molecule has 176 valence electrons. The quantitative estimate of drug-likeness (QED) is 0.761. The van der Waals surface area contributed by atoms with E-state index in [0.29, 0.717) is 51.0 Å². The third kappa shape index (κ3) is 5.17. The fraction of sp³-hybridized carbons (Fsp3) is 0.636. The summed E-state index contributed by atoms with van der Waals surface area (Å²) in [5.41, 5.74) is 0.0137. The summed E-state index contributed by atoms with van der Waals surface area (Å²) in [6.45, 7) is 4.04. The average molecular weight is 455 g/mol. The number of likely N-dealkylation sites (tertiary alicyclic amines) is 2. The van der Waals surface area contributed by atoms with Crippen LogP contribution in [0.25, 0.3) is 0 Å². The number of nitrogens with zero attached hydrogens (tertiary/aromatic N) is 2. The van der Waals surface area contributed by atoms with Gasteiger partial charge in [0.2, 0.25) is 5.91 Å². The van der Waals surface area contributed by atoms with E-state index in [4.69, 9.17) is 9.47 Å². The molecular weight excluding hydrogens is 427 g/mol. The van der Waals surface area contributed by atoms with E-state index in [-0.39, 0.29) is 42.9 Å². The molecule has 0 spiro atoms. The maximum Gasteiger partial charge on any atom is 0.416 e. The Morgan fingerprint density at radius 2 is 1.78 bits per heavy atom. The van der Waals surface area contributed by atoms with Gasteiger partial charge in [-0.2, -0.15) is 13.2 Å². The number of urea groups is 1. The van der Waals surface area contributed by atoms with Gasteiger partial charge >= 0.3 is 12.2 Å². The highest BCUT2D eigenvalue weighted by Crippen LogP contribution is 2.31. The Morgan fingerprint density at radius 3 is 2.44 bits per heavy atom. The molecule has 3 aliphatic heterocycles. The Bertz CT molecular complexity index is 825. The van der Waals surface area contributed by atoms with Crippen LogP contribution in [-0.4, -0.2) is 72.8 Å². The molecule has 3 amide bonds. The summed E-state index contributed by atoms with van der Waals surface area (Å²) in [5, 5.41) is 2.90. The number of morpholine rings is 1. The maximum absolute atomic E-state index is 12.9. The number of carbonyl (C=O) groups excluding carboxylic acids is 2. The number of fused-ring (bicyclic) bond motifs is 1. The van der Waals surface area contributed by atoms with Crippen molar-refractivity contribution < 1.29 is 32.2 Å². The molecule has 3 atom stereocenters. The second-order valence-electron chi connectivity index (χ2n) is 8.63. The van der Waals surface area contributed by atoms with E-state index in [1.54, 1.807) is 9.80 Å². The highest BCUT2D eigenvalue weighted by Gasteiger charge is 2.38. The molecule has 7 nitrogen and oxygen atoms in total. The van der Waals surface area contributed by atoms with Crippen LogP contribution in [0.1, 0.15) is 43.4 Å². The highest BCUT2D eigenvalue weighted by atomic mass is 19.4. The summed E-state index contributed by atoms with van der Waals surface area (Å²) < 4.78 is 49.8. The first-order valence-electron chi connectivity index (χ1n) is 11.0. The molecule has 3 heterocycles. The third-order valence-corrected chi connectivity index (χ3v) is 6.41. The predicted octanol–water partition coefficient (Wildman–Crippen LogP) is 2.96. The largest absolute Gasteiger partial charge is 0.416 e. The molecule has 10 heteroatoms. The number of rotatable bonds is 3. The first-order chi connectivity index (χ1) is 15.2. The Hall–Kier alpha value is -2.33. The summed E-state index contributed by atoms with van der Waals surface area (Å²) in [7, 11) is 0. The Labute approximate surface area is 184 Å². The van der Waals surface area contributed by atoms with Gasteiger partial charge in [-0.05, 0) is 43.9 Å². The van der Waals surface area contributed by atoms with Crippen molar-refractivity contribution >= 4 is 11.9 Å². The lowest BCUT2D eigenvalue weighted by atomic mass is 10.0. The molecule has 1 aromatic carbocycles. The summed E-state index contributed by atoms with van der Waals surface area (Å²) in [5.74, 6) is -0.152. The molecule has 32 heavy (non-hydrogen) atoms. The number of nitrogens with one attached hydrogen (secondary N) is 1. The lowest BCUT2D eigenvalue weighted by molar-refractivity contribution is -0.140. The second kappa shape index (κ2) is 9.27. The molecule has 0 saturated carbocycles. The second-order valence-corrected chi connectivity index (χ2v) is 8.63. The van der Waals surface area contributed by atoms with Crippen LogP contribution in [0, 0.1) is 0 Å². The molecular formula is C22H28F3N3O4. The zero-order valence-corrected chi connectivity index (χ0v) is 17.9. The van der Waals surface area contributed by atoms with E-state index < -0.39 is 11.7 Å². The molecule has 3 aliphatic rings. The topological polar surface area (TPSA) is 71.1 Å². The van der Waals surface area contributed by atoms with Gasteiger partial charge in [-0.3, -0.25) is 4.79 Å². The lowest BCUT2D eigenvalue weighted by Crippen LogP contribution is -2.62. The molecule has 0 bridgehead atoms. The van der Waals surface area contributed by atoms with Crippen LogP contribution in [-0.2, 0) is 20.4 Å². The highest BCUT2D eigenvalue weighted by molar-refractivity contribution is 5.79. The standard InChI is InChI=1S/C22H28F3N3O4/c1-14(15-2-4-16(5-3-15)22(23,24)25)32-17-6-9-27(10-7-17)21(30)28-11-8-19-18(12-28)26-20(29)13-31-19/h2-5,14,17-19H,6-13H2,1H3,(H,26,29)/t14?,18-,19+/m1/s1. The van der Waals surface area contributed by atoms with Crippen molar-refractivity contribution in [3.63, 3.8) is 0 Å². The third-order valence-electron chi connectivity index (χ3n) is 6.41. The van der Waals surface area contributed by atoms with Crippen LogP contribution in [0.2, 0.25) is 0 Å². The molecule has 0 aromatic heterocycles. The van der Waals surface area contributed by atoms with Gasteiger partial charge in [0.25, 0.3) is 0 Å². The fourth-order valence-corrected chi connectivity index (χ4v) is 4.57. The van der Waals surface area contributed by atoms with Gasteiger partial charge in [-0.25, -0.2) is 4.79 Å². The van der Waals surface area contributed by atoms with Crippen molar-refractivity contribution in [3.05, 3.63) is 35.4 Å². The van der Waals surface area contributed by atoms with E-state index in [9.17, 15) is 22.8 Å². The summed E-state index contributed by atoms with van der Waals surface area (Å²) in [4.78, 5) is 28.1. The Balaban J connectivity index is 1.25. The van der Waals surface area contributed by atoms with Crippen molar-refractivity contribution in [2.75, 3.05) is 32.8 Å². The number of benzene rings is 1. The van der Waals surface area contributed by atoms with Crippen molar-refractivity contribution in [2.45, 2.75) is 56.7 Å². The van der Waals surface area contributed by atoms with E-state index in [2.05, 4.69) is 5.32 Å². The smallest absolute Gasteiger partial charge is 0.370 e. The van der Waals surface area contributed by atoms with Gasteiger partial charge in [-0.1, -0.05) is 12.1 Å². The van der Waals surface area contributed by atoms with Crippen molar-refractivity contribution in [3.8, 4) is 0 Å². The van der Waals surface area contributed by atoms with Crippen molar-refractivity contribution in [1.29, 1.82) is 0 Å². The number of alkyl halides is 3. The number of hydrogen-bond donors (Lipinski definition) is 1. The van der Waals surface area contributed by atoms with Gasteiger partial charge < -0.3 is 24.6 Å². The Morgan fingerprint density at radius 1 is 1.12 bits per heavy atom. The number of halogens is 3. The fourth-order valence-electron chi connectivity index (χ4n) is 4.57. The summed E-state index contributed by atoms with van der Waals surface area (Å²) in [6.07, 6.45) is -2.77. The molecule has 0 aliphatic carbocycles. The molecule has 3 fully saturated rings. The number of ether oxygens (including phenoxy) is 2. The SMILES string of the molecule is CC(OC1CCN(C(=O)N2CC[C@@H]3OCC(=O)N[C@@H]3C2)CC1)c1ccc(C(F)(F)F)cc1. The van der Waals surface area contributed by atoms with Gasteiger partial charge in [0, 0.05) is 26.2 Å². The number of hydrogen-bond acceptors (Lipinski definition) is 4. The molecule has 4 rings (SSSR count). The first-order valence-corrected chi connectivity index (χ1v) is 11.0. The van der Waals surface area contributed by atoms with Crippen molar-refractivity contribution in [1.82, 2.24) is 15.1 Å². The van der Waals surface area contributed by atoms with E-state index in [1.807, 2.05) is 6.92 Å². The van der Waals surface area contributed by atoms with Gasteiger partial charge in [0.15, 0.2) is 0 Å². The molecule has 1 N–H and O–H groups in total. The van der Waals surface area contributed by atoms with Crippen molar-refractivity contribution in [2.24, 2.45) is 0 Å². The zero-order valence-electron chi connectivity index (χ0n) is 17.9. The normalized spacial score (nSPS) is 25.8. The number of carbonyl (C=O) groups is 2. The van der Waals surface area contributed by atoms with Crippen LogP contribution in [0.5, 0.6) is 0 Å².